The van der Waals surface area contributed by atoms with Crippen LogP contribution in [0.15, 0.2) is 77.9 Å². The van der Waals surface area contributed by atoms with Crippen LogP contribution in [0.5, 0.6) is 0 Å². The van der Waals surface area contributed by atoms with Gasteiger partial charge in [0.15, 0.2) is 0 Å². The molecule has 4 rings (SSSR count). The predicted molar refractivity (Wildman–Crippen MR) is 148 cm³/mol. The number of carbonyl (C=O) groups is 1. The Morgan fingerprint density at radius 1 is 1.05 bits per heavy atom. The maximum absolute atomic E-state index is 13.7. The first-order valence-electron chi connectivity index (χ1n) is 12.8. The Hall–Kier alpha value is -3.84. The second-order valence-corrected chi connectivity index (χ2v) is 9.82. The summed E-state index contributed by atoms with van der Waals surface area (Å²) in [4.78, 5) is 38.3. The van der Waals surface area contributed by atoms with Gasteiger partial charge in [0.1, 0.15) is 5.82 Å². The highest BCUT2D eigenvalue weighted by Crippen LogP contribution is 2.21. The summed E-state index contributed by atoms with van der Waals surface area (Å²) in [6.07, 6.45) is 4.35. The van der Waals surface area contributed by atoms with E-state index >= 15 is 0 Å². The largest absolute Gasteiger partial charge is 0.335 e. The van der Waals surface area contributed by atoms with Crippen molar-refractivity contribution in [3.05, 3.63) is 106 Å². The number of carbonyl (C=O) groups excluding carboxylic acids is 1. The fraction of sp³-hybridized carbons (Fsp3) is 0.333. The van der Waals surface area contributed by atoms with E-state index in [1.165, 1.54) is 0 Å². The molecule has 0 bridgehead atoms. The third kappa shape index (κ3) is 6.12. The molecule has 37 heavy (non-hydrogen) atoms. The lowest BCUT2D eigenvalue weighted by atomic mass is 9.96. The van der Waals surface area contributed by atoms with Gasteiger partial charge in [0.2, 0.25) is 0 Å². The lowest BCUT2D eigenvalue weighted by molar-refractivity contribution is 0.0619. The Balaban J connectivity index is 1.78. The first kappa shape index (κ1) is 26.2. The van der Waals surface area contributed by atoms with Gasteiger partial charge in [-0.05, 0) is 49.6 Å². The molecule has 0 aliphatic heterocycles. The van der Waals surface area contributed by atoms with Crippen LogP contribution in [-0.4, -0.2) is 44.5 Å². The SMILES string of the molecule is Cc1ccc(C(=O)N(CCCN)C(Cc2nc3ccncc3c(=O)n2Cc2ccccc2)C(C)C)cc1. The van der Waals surface area contributed by atoms with Crippen LogP contribution < -0.4 is 11.3 Å². The molecule has 4 aromatic rings. The minimum atomic E-state index is -0.173. The van der Waals surface area contributed by atoms with Crippen molar-refractivity contribution in [2.24, 2.45) is 11.7 Å². The first-order chi connectivity index (χ1) is 17.9. The third-order valence-electron chi connectivity index (χ3n) is 6.74. The van der Waals surface area contributed by atoms with E-state index in [0.717, 1.165) is 11.1 Å². The Labute approximate surface area is 218 Å². The van der Waals surface area contributed by atoms with Crippen molar-refractivity contribution in [3.8, 4) is 0 Å². The molecule has 7 heteroatoms. The molecule has 2 aromatic carbocycles. The Morgan fingerprint density at radius 3 is 2.46 bits per heavy atom. The molecule has 2 N–H and O–H groups in total. The standard InChI is InChI=1S/C30H35N5O2/c1-21(2)27(34(17-7-15-31)29(36)24-12-10-22(3)11-13-24)18-28-33-26-14-16-32-19-25(26)30(37)35(28)20-23-8-5-4-6-9-23/h4-6,8-14,16,19,21,27H,7,15,17-18,20,31H2,1-3H3. The minimum absolute atomic E-state index is 0.0332. The molecule has 192 valence electrons. The van der Waals surface area contributed by atoms with Crippen molar-refractivity contribution >= 4 is 16.8 Å². The van der Waals surface area contributed by atoms with Gasteiger partial charge in [-0.25, -0.2) is 4.98 Å². The molecule has 0 aliphatic carbocycles. The summed E-state index contributed by atoms with van der Waals surface area (Å²) in [6.45, 7) is 7.63. The van der Waals surface area contributed by atoms with Gasteiger partial charge in [0.05, 0.1) is 17.4 Å². The molecular weight excluding hydrogens is 462 g/mol. The molecule has 0 fully saturated rings. The zero-order chi connectivity index (χ0) is 26.4. The van der Waals surface area contributed by atoms with Crippen LogP contribution in [0, 0.1) is 12.8 Å². The number of amides is 1. The molecular formula is C30H35N5O2. The zero-order valence-electron chi connectivity index (χ0n) is 21.8. The molecule has 0 saturated carbocycles. The average molecular weight is 498 g/mol. The molecule has 7 nitrogen and oxygen atoms in total. The molecule has 0 aliphatic rings. The van der Waals surface area contributed by atoms with Crippen LogP contribution in [0.25, 0.3) is 10.9 Å². The maximum Gasteiger partial charge on any atom is 0.263 e. The van der Waals surface area contributed by atoms with Gasteiger partial charge in [-0.15, -0.1) is 0 Å². The number of fused-ring (bicyclic) bond motifs is 1. The summed E-state index contributed by atoms with van der Waals surface area (Å²) in [7, 11) is 0. The topological polar surface area (TPSA) is 94.1 Å². The van der Waals surface area contributed by atoms with E-state index in [1.54, 1.807) is 23.0 Å². The summed E-state index contributed by atoms with van der Waals surface area (Å²) < 4.78 is 1.73. The van der Waals surface area contributed by atoms with Crippen molar-refractivity contribution < 1.29 is 4.79 Å². The predicted octanol–water partition coefficient (Wildman–Crippen LogP) is 4.21. The molecule has 0 radical (unpaired) electrons. The minimum Gasteiger partial charge on any atom is -0.335 e. The Morgan fingerprint density at radius 2 is 1.78 bits per heavy atom. The van der Waals surface area contributed by atoms with E-state index in [0.29, 0.717) is 54.8 Å². The van der Waals surface area contributed by atoms with Gasteiger partial charge < -0.3 is 10.6 Å². The van der Waals surface area contributed by atoms with Crippen LogP contribution >= 0.6 is 0 Å². The van der Waals surface area contributed by atoms with Gasteiger partial charge in [-0.2, -0.15) is 0 Å². The van der Waals surface area contributed by atoms with Crippen LogP contribution in [-0.2, 0) is 13.0 Å². The number of aryl methyl sites for hydroxylation is 1. The lowest BCUT2D eigenvalue weighted by Crippen LogP contribution is -2.46. The van der Waals surface area contributed by atoms with Crippen molar-refractivity contribution in [2.45, 2.75) is 46.2 Å². The first-order valence-corrected chi connectivity index (χ1v) is 12.8. The number of nitrogens with two attached hydrogens (primary N) is 1. The average Bonchev–Trinajstić information content (AvgIpc) is 2.91. The summed E-state index contributed by atoms with van der Waals surface area (Å²) in [5.41, 5.74) is 9.09. The fourth-order valence-electron chi connectivity index (χ4n) is 4.63. The van der Waals surface area contributed by atoms with E-state index in [2.05, 4.69) is 18.8 Å². The number of nitrogens with zero attached hydrogens (tertiary/aromatic N) is 4. The van der Waals surface area contributed by atoms with E-state index < -0.39 is 0 Å². The van der Waals surface area contributed by atoms with E-state index in [4.69, 9.17) is 10.7 Å². The van der Waals surface area contributed by atoms with Crippen molar-refractivity contribution in [2.75, 3.05) is 13.1 Å². The quantitative estimate of drug-likeness (QED) is 0.354. The highest BCUT2D eigenvalue weighted by Gasteiger charge is 2.29. The van der Waals surface area contributed by atoms with E-state index in [-0.39, 0.29) is 23.4 Å². The molecule has 1 unspecified atom stereocenters. The van der Waals surface area contributed by atoms with Gasteiger partial charge >= 0.3 is 0 Å². The van der Waals surface area contributed by atoms with Crippen LogP contribution in [0.4, 0.5) is 0 Å². The third-order valence-corrected chi connectivity index (χ3v) is 6.74. The number of rotatable bonds is 10. The van der Waals surface area contributed by atoms with Gasteiger partial charge in [0.25, 0.3) is 11.5 Å². The lowest BCUT2D eigenvalue weighted by Gasteiger charge is -2.35. The molecule has 2 aromatic heterocycles. The second kappa shape index (κ2) is 11.9. The van der Waals surface area contributed by atoms with Crippen molar-refractivity contribution in [1.29, 1.82) is 0 Å². The van der Waals surface area contributed by atoms with Gasteiger partial charge in [-0.1, -0.05) is 61.9 Å². The van der Waals surface area contributed by atoms with E-state index in [9.17, 15) is 9.59 Å². The summed E-state index contributed by atoms with van der Waals surface area (Å²) in [5.74, 6) is 0.747. The molecule has 1 amide bonds. The maximum atomic E-state index is 13.7. The summed E-state index contributed by atoms with van der Waals surface area (Å²) in [6, 6.07) is 19.1. The van der Waals surface area contributed by atoms with Crippen LogP contribution in [0.1, 0.15) is 47.6 Å². The number of hydrogen-bond acceptors (Lipinski definition) is 5. The zero-order valence-corrected chi connectivity index (χ0v) is 21.8. The summed E-state index contributed by atoms with van der Waals surface area (Å²) >= 11 is 0. The number of aromatic nitrogens is 3. The van der Waals surface area contributed by atoms with Gasteiger partial charge in [0, 0.05) is 37.0 Å². The molecule has 0 saturated heterocycles. The fourth-order valence-corrected chi connectivity index (χ4v) is 4.63. The van der Waals surface area contributed by atoms with E-state index in [1.807, 2.05) is 66.4 Å². The van der Waals surface area contributed by atoms with Gasteiger partial charge in [-0.3, -0.25) is 19.1 Å². The summed E-state index contributed by atoms with van der Waals surface area (Å²) in [5, 5.41) is 0.485. The molecule has 2 heterocycles. The normalized spacial score (nSPS) is 12.1. The highest BCUT2D eigenvalue weighted by atomic mass is 16.2. The Kier molecular flexibility index (Phi) is 8.46. The van der Waals surface area contributed by atoms with Crippen molar-refractivity contribution in [3.63, 3.8) is 0 Å². The highest BCUT2D eigenvalue weighted by molar-refractivity contribution is 5.94. The Bertz CT molecular complexity index is 1400. The second-order valence-electron chi connectivity index (χ2n) is 9.82. The van der Waals surface area contributed by atoms with Crippen LogP contribution in [0.3, 0.4) is 0 Å². The number of benzene rings is 2. The smallest absolute Gasteiger partial charge is 0.263 e. The number of hydrogen-bond donors (Lipinski definition) is 1. The number of pyridine rings is 1. The van der Waals surface area contributed by atoms with Crippen molar-refractivity contribution in [1.82, 2.24) is 19.4 Å². The molecule has 1 atom stereocenters. The monoisotopic (exact) mass is 497 g/mol. The molecule has 0 spiro atoms. The van der Waals surface area contributed by atoms with Crippen LogP contribution in [0.2, 0.25) is 0 Å².